The number of allylic oxidation sites excluding steroid dienone is 2. The van der Waals surface area contributed by atoms with E-state index in [9.17, 15) is 0 Å². The highest BCUT2D eigenvalue weighted by molar-refractivity contribution is 5.79. The summed E-state index contributed by atoms with van der Waals surface area (Å²) in [4.78, 5) is 0. The molecule has 1 aromatic carbocycles. The van der Waals surface area contributed by atoms with Gasteiger partial charge >= 0.3 is 0 Å². The Morgan fingerprint density at radius 1 is 1.22 bits per heavy atom. The molecule has 2 rings (SSSR count). The van der Waals surface area contributed by atoms with Gasteiger partial charge < -0.3 is 4.74 Å². The van der Waals surface area contributed by atoms with Gasteiger partial charge in [-0.15, -0.1) is 0 Å². The predicted molar refractivity (Wildman–Crippen MR) is 68.8 cm³/mol. The van der Waals surface area contributed by atoms with E-state index < -0.39 is 0 Å². The fourth-order valence-corrected chi connectivity index (χ4v) is 2.49. The number of ether oxygens (including phenoxy) is 1. The zero-order valence-electron chi connectivity index (χ0n) is 10.6. The van der Waals surface area contributed by atoms with Gasteiger partial charge in [0.25, 0.3) is 0 Å². The van der Waals surface area contributed by atoms with Gasteiger partial charge in [-0.05, 0) is 49.0 Å². The first-order valence-electron chi connectivity index (χ1n) is 5.92. The second-order valence-corrected chi connectivity index (χ2v) is 4.42. The van der Waals surface area contributed by atoms with E-state index in [2.05, 4.69) is 0 Å². The number of benzene rings is 1. The molecular formula is C15H14N2O. The van der Waals surface area contributed by atoms with E-state index in [0.29, 0.717) is 0 Å². The number of aryl methyl sites for hydroxylation is 1. The largest absolute Gasteiger partial charge is 0.496 e. The molecule has 3 heteroatoms. The normalized spacial score (nSPS) is 13.2. The second kappa shape index (κ2) is 4.94. The Kier molecular flexibility index (Phi) is 3.35. The van der Waals surface area contributed by atoms with Gasteiger partial charge in [0.1, 0.15) is 23.5 Å². The van der Waals surface area contributed by atoms with Gasteiger partial charge in [-0.25, -0.2) is 0 Å². The van der Waals surface area contributed by atoms with Crippen molar-refractivity contribution in [2.24, 2.45) is 0 Å². The third kappa shape index (κ3) is 1.96. The van der Waals surface area contributed by atoms with Crippen LogP contribution in [0.4, 0.5) is 0 Å². The van der Waals surface area contributed by atoms with Crippen molar-refractivity contribution in [1.29, 1.82) is 10.5 Å². The lowest BCUT2D eigenvalue weighted by molar-refractivity contribution is 0.408. The van der Waals surface area contributed by atoms with Crippen molar-refractivity contribution < 1.29 is 4.74 Å². The summed E-state index contributed by atoms with van der Waals surface area (Å²) in [6, 6.07) is 8.04. The number of hydrogen-bond donors (Lipinski definition) is 0. The number of fused-ring (bicyclic) bond motifs is 1. The molecule has 1 aliphatic rings. The third-order valence-corrected chi connectivity index (χ3v) is 3.28. The first-order chi connectivity index (χ1) is 8.71. The fourth-order valence-electron chi connectivity index (χ4n) is 2.49. The Labute approximate surface area is 107 Å². The zero-order chi connectivity index (χ0) is 13.1. The molecule has 1 aromatic rings. The summed E-state index contributed by atoms with van der Waals surface area (Å²) in [5, 5.41) is 18.1. The van der Waals surface area contributed by atoms with Crippen LogP contribution in [0.3, 0.4) is 0 Å². The summed E-state index contributed by atoms with van der Waals surface area (Å²) in [7, 11) is 1.66. The maximum absolute atomic E-state index is 9.04. The Hall–Kier alpha value is -2.26. The molecule has 0 N–H and O–H groups in total. The molecule has 0 saturated carbocycles. The molecule has 0 unspecified atom stereocenters. The fraction of sp³-hybridized carbons (Fsp3) is 0.333. The van der Waals surface area contributed by atoms with E-state index in [0.717, 1.165) is 47.3 Å². The highest BCUT2D eigenvalue weighted by Crippen LogP contribution is 2.38. The minimum absolute atomic E-state index is 0.226. The van der Waals surface area contributed by atoms with Crippen molar-refractivity contribution in [2.75, 3.05) is 7.11 Å². The van der Waals surface area contributed by atoms with Gasteiger partial charge in [-0.1, -0.05) is 6.07 Å². The molecule has 0 atom stereocenters. The van der Waals surface area contributed by atoms with Crippen molar-refractivity contribution in [3.8, 4) is 17.9 Å². The molecule has 0 aromatic heterocycles. The Bertz CT molecular complexity index is 584. The SMILES string of the molecule is COc1cc(C)cc2c1CCCC2=C(C#N)C#N. The predicted octanol–water partition coefficient (Wildman–Crippen LogP) is 3.14. The van der Waals surface area contributed by atoms with Crippen molar-refractivity contribution >= 4 is 5.57 Å². The van der Waals surface area contributed by atoms with Crippen LogP contribution in [0, 0.1) is 29.6 Å². The highest BCUT2D eigenvalue weighted by Gasteiger charge is 2.21. The number of rotatable bonds is 1. The van der Waals surface area contributed by atoms with E-state index >= 15 is 0 Å². The van der Waals surface area contributed by atoms with Crippen LogP contribution >= 0.6 is 0 Å². The van der Waals surface area contributed by atoms with Gasteiger partial charge in [-0.2, -0.15) is 10.5 Å². The summed E-state index contributed by atoms with van der Waals surface area (Å²) in [6.45, 7) is 1.99. The molecule has 0 radical (unpaired) electrons. The zero-order valence-corrected chi connectivity index (χ0v) is 10.6. The summed E-state index contributed by atoms with van der Waals surface area (Å²) in [5.74, 6) is 0.859. The lowest BCUT2D eigenvalue weighted by Gasteiger charge is -2.22. The molecule has 0 spiro atoms. The maximum atomic E-state index is 9.04. The van der Waals surface area contributed by atoms with Crippen LogP contribution < -0.4 is 4.74 Å². The van der Waals surface area contributed by atoms with Crippen LogP contribution in [0.2, 0.25) is 0 Å². The molecule has 0 bridgehead atoms. The molecule has 0 aliphatic heterocycles. The quantitative estimate of drug-likeness (QED) is 0.706. The molecule has 18 heavy (non-hydrogen) atoms. The first-order valence-corrected chi connectivity index (χ1v) is 5.92. The molecule has 0 fully saturated rings. The number of nitriles is 2. The summed E-state index contributed by atoms with van der Waals surface area (Å²) in [5.41, 5.74) is 4.30. The third-order valence-electron chi connectivity index (χ3n) is 3.28. The topological polar surface area (TPSA) is 56.8 Å². The first kappa shape index (κ1) is 12.2. The second-order valence-electron chi connectivity index (χ2n) is 4.42. The minimum Gasteiger partial charge on any atom is -0.496 e. The average molecular weight is 238 g/mol. The Morgan fingerprint density at radius 3 is 2.56 bits per heavy atom. The van der Waals surface area contributed by atoms with Crippen molar-refractivity contribution in [2.45, 2.75) is 26.2 Å². The molecule has 0 saturated heterocycles. The highest BCUT2D eigenvalue weighted by atomic mass is 16.5. The van der Waals surface area contributed by atoms with E-state index in [-0.39, 0.29) is 5.57 Å². The summed E-state index contributed by atoms with van der Waals surface area (Å²) < 4.78 is 5.40. The van der Waals surface area contributed by atoms with Crippen molar-refractivity contribution in [1.82, 2.24) is 0 Å². The van der Waals surface area contributed by atoms with Crippen LogP contribution in [0.25, 0.3) is 5.57 Å². The number of methoxy groups -OCH3 is 1. The van der Waals surface area contributed by atoms with E-state index in [4.69, 9.17) is 15.3 Å². The molecule has 3 nitrogen and oxygen atoms in total. The monoisotopic (exact) mass is 238 g/mol. The van der Waals surface area contributed by atoms with Gasteiger partial charge in [-0.3, -0.25) is 0 Å². The van der Waals surface area contributed by atoms with Crippen LogP contribution in [0.1, 0.15) is 29.5 Å². The maximum Gasteiger partial charge on any atom is 0.133 e. The Morgan fingerprint density at radius 2 is 1.94 bits per heavy atom. The molecule has 1 aliphatic carbocycles. The van der Waals surface area contributed by atoms with Gasteiger partial charge in [0, 0.05) is 5.56 Å². The molecule has 0 heterocycles. The standard InChI is InChI=1S/C15H14N2O/c1-10-6-14-12(11(8-16)9-17)4-3-5-13(14)15(7-10)18-2/h6-7H,3-5H2,1-2H3. The minimum atomic E-state index is 0.226. The van der Waals surface area contributed by atoms with Gasteiger partial charge in [0.15, 0.2) is 0 Å². The van der Waals surface area contributed by atoms with E-state index in [1.54, 1.807) is 7.11 Å². The smallest absolute Gasteiger partial charge is 0.133 e. The summed E-state index contributed by atoms with van der Waals surface area (Å²) in [6.07, 6.45) is 2.68. The van der Waals surface area contributed by atoms with Crippen LogP contribution in [-0.4, -0.2) is 7.11 Å². The molecule has 90 valence electrons. The van der Waals surface area contributed by atoms with Crippen LogP contribution in [-0.2, 0) is 6.42 Å². The number of hydrogen-bond acceptors (Lipinski definition) is 3. The number of nitrogens with zero attached hydrogens (tertiary/aromatic N) is 2. The van der Waals surface area contributed by atoms with Crippen LogP contribution in [0.15, 0.2) is 17.7 Å². The van der Waals surface area contributed by atoms with Crippen LogP contribution in [0.5, 0.6) is 5.75 Å². The van der Waals surface area contributed by atoms with Crippen molar-refractivity contribution in [3.63, 3.8) is 0 Å². The lowest BCUT2D eigenvalue weighted by Crippen LogP contribution is -2.06. The Balaban J connectivity index is 2.72. The van der Waals surface area contributed by atoms with E-state index in [1.165, 1.54) is 0 Å². The average Bonchev–Trinajstić information content (AvgIpc) is 2.39. The van der Waals surface area contributed by atoms with Crippen molar-refractivity contribution in [3.05, 3.63) is 34.4 Å². The molecular weight excluding hydrogens is 224 g/mol. The van der Waals surface area contributed by atoms with E-state index in [1.807, 2.05) is 31.2 Å². The lowest BCUT2D eigenvalue weighted by atomic mass is 9.83. The van der Waals surface area contributed by atoms with Gasteiger partial charge in [0.2, 0.25) is 0 Å². The molecule has 0 amide bonds. The van der Waals surface area contributed by atoms with Gasteiger partial charge in [0.05, 0.1) is 7.11 Å². The summed E-state index contributed by atoms with van der Waals surface area (Å²) >= 11 is 0.